The number of hydrogen-bond donors (Lipinski definition) is 1. The molecule has 116 valence electrons. The Morgan fingerprint density at radius 2 is 2.09 bits per heavy atom. The van der Waals surface area contributed by atoms with Crippen LogP contribution in [0.25, 0.3) is 6.08 Å². The number of furan rings is 1. The molecular formula is C17H14N2O4. The molecule has 0 aliphatic carbocycles. The molecule has 0 aliphatic rings. The number of anilines is 1. The predicted molar refractivity (Wildman–Crippen MR) is 83.3 cm³/mol. The molecule has 0 radical (unpaired) electrons. The number of ether oxygens (including phenoxy) is 1. The number of amides is 1. The molecule has 0 atom stereocenters. The molecule has 1 heterocycles. The lowest BCUT2D eigenvalue weighted by Gasteiger charge is -2.09. The summed E-state index contributed by atoms with van der Waals surface area (Å²) in [6.45, 7) is 1.92. The molecule has 1 amide bonds. The van der Waals surface area contributed by atoms with E-state index in [-0.39, 0.29) is 23.4 Å². The number of nitrogens with one attached hydrogen (secondary N) is 1. The maximum atomic E-state index is 12.2. The summed E-state index contributed by atoms with van der Waals surface area (Å²) in [7, 11) is 0. The molecule has 1 aromatic carbocycles. The zero-order chi connectivity index (χ0) is 16.7. The summed E-state index contributed by atoms with van der Waals surface area (Å²) < 4.78 is 10.0. The minimum Gasteiger partial charge on any atom is -0.465 e. The first-order valence-electron chi connectivity index (χ1n) is 6.88. The molecule has 0 fully saturated rings. The van der Waals surface area contributed by atoms with Crippen LogP contribution >= 0.6 is 0 Å². The highest BCUT2D eigenvalue weighted by atomic mass is 16.5. The summed E-state index contributed by atoms with van der Waals surface area (Å²) >= 11 is 0. The van der Waals surface area contributed by atoms with Crippen LogP contribution in [0.1, 0.15) is 23.0 Å². The molecule has 1 N–H and O–H groups in total. The van der Waals surface area contributed by atoms with Crippen LogP contribution in [0, 0.1) is 11.3 Å². The van der Waals surface area contributed by atoms with E-state index in [4.69, 9.17) is 14.4 Å². The maximum absolute atomic E-state index is 12.2. The lowest BCUT2D eigenvalue weighted by Crippen LogP contribution is -2.17. The van der Waals surface area contributed by atoms with Crippen LogP contribution in [0.2, 0.25) is 0 Å². The number of carbonyl (C=O) groups excluding carboxylic acids is 2. The van der Waals surface area contributed by atoms with Gasteiger partial charge in [-0.2, -0.15) is 5.26 Å². The molecule has 0 saturated carbocycles. The molecule has 23 heavy (non-hydrogen) atoms. The lowest BCUT2D eigenvalue weighted by molar-refractivity contribution is -0.112. The first-order valence-corrected chi connectivity index (χ1v) is 6.88. The van der Waals surface area contributed by atoms with Gasteiger partial charge in [-0.25, -0.2) is 4.79 Å². The van der Waals surface area contributed by atoms with Gasteiger partial charge in [-0.1, -0.05) is 12.1 Å². The van der Waals surface area contributed by atoms with Crippen molar-refractivity contribution in [3.63, 3.8) is 0 Å². The molecule has 6 heteroatoms. The zero-order valence-electron chi connectivity index (χ0n) is 12.4. The van der Waals surface area contributed by atoms with Crippen LogP contribution in [-0.2, 0) is 9.53 Å². The molecule has 0 spiro atoms. The first-order chi connectivity index (χ1) is 11.2. The molecule has 2 aromatic rings. The summed E-state index contributed by atoms with van der Waals surface area (Å²) in [4.78, 5) is 24.1. The van der Waals surface area contributed by atoms with Gasteiger partial charge >= 0.3 is 5.97 Å². The highest BCUT2D eigenvalue weighted by molar-refractivity contribution is 6.11. The van der Waals surface area contributed by atoms with E-state index in [9.17, 15) is 9.59 Å². The number of benzene rings is 1. The van der Waals surface area contributed by atoms with Crippen molar-refractivity contribution < 1.29 is 18.7 Å². The number of para-hydroxylation sites is 1. The van der Waals surface area contributed by atoms with E-state index < -0.39 is 11.9 Å². The average Bonchev–Trinajstić information content (AvgIpc) is 3.06. The van der Waals surface area contributed by atoms with Gasteiger partial charge in [-0.15, -0.1) is 0 Å². The zero-order valence-corrected chi connectivity index (χ0v) is 12.4. The van der Waals surface area contributed by atoms with Crippen molar-refractivity contribution in [1.29, 1.82) is 5.26 Å². The van der Waals surface area contributed by atoms with E-state index in [1.165, 1.54) is 18.4 Å². The second kappa shape index (κ2) is 7.61. The molecule has 0 unspecified atom stereocenters. The average molecular weight is 310 g/mol. The van der Waals surface area contributed by atoms with Gasteiger partial charge in [0.25, 0.3) is 5.91 Å². The third kappa shape index (κ3) is 4.08. The standard InChI is InChI=1S/C17H14N2O4/c1-2-22-17(21)14-7-3-4-8-15(14)19-16(20)12(11-18)10-13-6-5-9-23-13/h3-10H,2H2,1H3,(H,19,20)/b12-10+. The van der Waals surface area contributed by atoms with Crippen molar-refractivity contribution in [2.45, 2.75) is 6.92 Å². The van der Waals surface area contributed by atoms with Gasteiger partial charge in [0.2, 0.25) is 0 Å². The predicted octanol–water partition coefficient (Wildman–Crippen LogP) is 3.00. The Morgan fingerprint density at radius 3 is 2.74 bits per heavy atom. The molecule has 0 aliphatic heterocycles. The van der Waals surface area contributed by atoms with Crippen LogP contribution in [0.15, 0.2) is 52.7 Å². The van der Waals surface area contributed by atoms with Gasteiger partial charge in [0.05, 0.1) is 24.1 Å². The molecule has 0 saturated heterocycles. The molecule has 6 nitrogen and oxygen atoms in total. The summed E-state index contributed by atoms with van der Waals surface area (Å²) in [5, 5.41) is 11.7. The van der Waals surface area contributed by atoms with Gasteiger partial charge in [-0.3, -0.25) is 4.79 Å². The quantitative estimate of drug-likeness (QED) is 0.520. The molecule has 0 bridgehead atoms. The summed E-state index contributed by atoms with van der Waals surface area (Å²) in [5.74, 6) is -0.798. The van der Waals surface area contributed by atoms with Crippen molar-refractivity contribution in [2.75, 3.05) is 11.9 Å². The highest BCUT2D eigenvalue weighted by Gasteiger charge is 2.16. The van der Waals surface area contributed by atoms with Crippen LogP contribution in [0.4, 0.5) is 5.69 Å². The number of esters is 1. The summed E-state index contributed by atoms with van der Waals surface area (Å²) in [5.41, 5.74) is 0.355. The third-order valence-corrected chi connectivity index (χ3v) is 2.87. The van der Waals surface area contributed by atoms with Crippen LogP contribution in [0.5, 0.6) is 0 Å². The number of nitriles is 1. The number of nitrogens with zero attached hydrogens (tertiary/aromatic N) is 1. The number of carbonyl (C=O) groups is 2. The molecular weight excluding hydrogens is 296 g/mol. The van der Waals surface area contributed by atoms with E-state index in [0.717, 1.165) is 0 Å². The van der Waals surface area contributed by atoms with E-state index >= 15 is 0 Å². The maximum Gasteiger partial charge on any atom is 0.340 e. The minimum absolute atomic E-state index is 0.140. The topological polar surface area (TPSA) is 92.3 Å². The normalized spacial score (nSPS) is 10.7. The Hall–Kier alpha value is -3.33. The molecule has 1 aromatic heterocycles. The van der Waals surface area contributed by atoms with Gasteiger partial charge in [0.15, 0.2) is 0 Å². The summed E-state index contributed by atoms with van der Waals surface area (Å²) in [6.07, 6.45) is 2.76. The SMILES string of the molecule is CCOC(=O)c1ccccc1NC(=O)/C(C#N)=C/c1ccco1. The Bertz CT molecular complexity index is 770. The second-order valence-electron chi connectivity index (χ2n) is 4.41. The fraction of sp³-hybridized carbons (Fsp3) is 0.118. The fourth-order valence-electron chi connectivity index (χ4n) is 1.83. The Balaban J connectivity index is 2.23. The smallest absolute Gasteiger partial charge is 0.340 e. The van der Waals surface area contributed by atoms with Crippen molar-refractivity contribution >= 4 is 23.6 Å². The largest absolute Gasteiger partial charge is 0.465 e. The van der Waals surface area contributed by atoms with E-state index in [1.54, 1.807) is 37.3 Å². The van der Waals surface area contributed by atoms with E-state index in [2.05, 4.69) is 5.32 Å². The van der Waals surface area contributed by atoms with Crippen LogP contribution in [0.3, 0.4) is 0 Å². The molecule has 2 rings (SSSR count). The third-order valence-electron chi connectivity index (χ3n) is 2.87. The minimum atomic E-state index is -0.638. The van der Waals surface area contributed by atoms with E-state index in [0.29, 0.717) is 5.76 Å². The Labute approximate surface area is 133 Å². The monoisotopic (exact) mass is 310 g/mol. The van der Waals surface area contributed by atoms with Crippen molar-refractivity contribution in [3.05, 3.63) is 59.6 Å². The van der Waals surface area contributed by atoms with E-state index in [1.807, 2.05) is 6.07 Å². The van der Waals surface area contributed by atoms with Crippen LogP contribution < -0.4 is 5.32 Å². The number of rotatable bonds is 5. The van der Waals surface area contributed by atoms with Gasteiger partial charge < -0.3 is 14.5 Å². The first kappa shape index (κ1) is 16.0. The fourth-order valence-corrected chi connectivity index (χ4v) is 1.83. The van der Waals surface area contributed by atoms with Crippen molar-refractivity contribution in [3.8, 4) is 6.07 Å². The number of hydrogen-bond acceptors (Lipinski definition) is 5. The summed E-state index contributed by atoms with van der Waals surface area (Å²) in [6, 6.07) is 11.5. The van der Waals surface area contributed by atoms with Gasteiger partial charge in [-0.05, 0) is 31.2 Å². The second-order valence-corrected chi connectivity index (χ2v) is 4.41. The van der Waals surface area contributed by atoms with Crippen LogP contribution in [-0.4, -0.2) is 18.5 Å². The lowest BCUT2D eigenvalue weighted by atomic mass is 10.1. The van der Waals surface area contributed by atoms with Gasteiger partial charge in [0.1, 0.15) is 17.4 Å². The van der Waals surface area contributed by atoms with Gasteiger partial charge in [0, 0.05) is 6.08 Å². The highest BCUT2D eigenvalue weighted by Crippen LogP contribution is 2.18. The van der Waals surface area contributed by atoms with Crippen molar-refractivity contribution in [1.82, 2.24) is 0 Å². The van der Waals surface area contributed by atoms with Crippen molar-refractivity contribution in [2.24, 2.45) is 0 Å². The Kier molecular flexibility index (Phi) is 5.31. The Morgan fingerprint density at radius 1 is 1.30 bits per heavy atom.